The summed E-state index contributed by atoms with van der Waals surface area (Å²) in [5.74, 6) is 0.629. The summed E-state index contributed by atoms with van der Waals surface area (Å²) in [6.45, 7) is 3.94. The molecule has 1 aliphatic rings. The van der Waals surface area contributed by atoms with E-state index < -0.39 is 0 Å². The summed E-state index contributed by atoms with van der Waals surface area (Å²) in [6, 6.07) is 7.34. The number of hydrogen-bond acceptors (Lipinski definition) is 3. The molecule has 3 rings (SSSR count). The monoisotopic (exact) mass is 284 g/mol. The fourth-order valence-electron chi connectivity index (χ4n) is 3.24. The molecule has 2 N–H and O–H groups in total. The van der Waals surface area contributed by atoms with Crippen molar-refractivity contribution in [2.75, 3.05) is 7.11 Å². The van der Waals surface area contributed by atoms with E-state index in [4.69, 9.17) is 4.74 Å². The lowest BCUT2D eigenvalue weighted by Crippen LogP contribution is -2.10. The van der Waals surface area contributed by atoms with Crippen molar-refractivity contribution < 1.29 is 14.9 Å². The molecule has 0 saturated carbocycles. The predicted octanol–water partition coefficient (Wildman–Crippen LogP) is 3.88. The predicted molar refractivity (Wildman–Crippen MR) is 82.8 cm³/mol. The number of hydrogen-bond donors (Lipinski definition) is 2. The lowest BCUT2D eigenvalue weighted by molar-refractivity contribution is 0.119. The van der Waals surface area contributed by atoms with E-state index in [-0.39, 0.29) is 11.9 Å². The number of benzene rings is 2. The van der Waals surface area contributed by atoms with E-state index in [1.807, 2.05) is 26.0 Å². The molecular formula is C18H20O3. The van der Waals surface area contributed by atoms with Crippen LogP contribution in [0, 0.1) is 6.92 Å². The zero-order valence-electron chi connectivity index (χ0n) is 12.6. The number of aryl methyl sites for hydroxylation is 1. The first-order chi connectivity index (χ1) is 10.0. The normalized spacial score (nSPS) is 14.4. The van der Waals surface area contributed by atoms with Crippen LogP contribution in [0.1, 0.15) is 35.3 Å². The van der Waals surface area contributed by atoms with E-state index in [1.54, 1.807) is 19.2 Å². The molecule has 0 heterocycles. The van der Waals surface area contributed by atoms with Crippen molar-refractivity contribution in [3.8, 4) is 22.6 Å². The van der Waals surface area contributed by atoms with Gasteiger partial charge < -0.3 is 14.9 Å². The van der Waals surface area contributed by atoms with E-state index in [1.165, 1.54) is 5.56 Å². The second-order valence-electron chi connectivity index (χ2n) is 5.68. The Kier molecular flexibility index (Phi) is 3.38. The smallest absolute Gasteiger partial charge is 0.118 e. The zero-order chi connectivity index (χ0) is 15.1. The Hall–Kier alpha value is -2.00. The van der Waals surface area contributed by atoms with Gasteiger partial charge in [0.1, 0.15) is 11.5 Å². The lowest BCUT2D eigenvalue weighted by Gasteiger charge is -2.26. The van der Waals surface area contributed by atoms with Gasteiger partial charge in [-0.1, -0.05) is 6.07 Å². The van der Waals surface area contributed by atoms with Gasteiger partial charge in [-0.05, 0) is 78.3 Å². The quantitative estimate of drug-likeness (QED) is 0.880. The molecule has 3 nitrogen and oxygen atoms in total. The van der Waals surface area contributed by atoms with Gasteiger partial charge in [0, 0.05) is 7.11 Å². The Morgan fingerprint density at radius 3 is 2.62 bits per heavy atom. The van der Waals surface area contributed by atoms with E-state index >= 15 is 0 Å². The second-order valence-corrected chi connectivity index (χ2v) is 5.68. The van der Waals surface area contributed by atoms with Gasteiger partial charge in [-0.3, -0.25) is 0 Å². The average Bonchev–Trinajstić information content (AvgIpc) is 2.48. The largest absolute Gasteiger partial charge is 0.508 e. The first-order valence-corrected chi connectivity index (χ1v) is 7.23. The highest BCUT2D eigenvalue weighted by Gasteiger charge is 2.24. The number of methoxy groups -OCH3 is 1. The topological polar surface area (TPSA) is 49.7 Å². The van der Waals surface area contributed by atoms with Crippen LogP contribution < -0.4 is 0 Å². The SMILES string of the molecule is COC(C)c1cc(O)cc2c1-c1ccc(O)c(C)c1CC2. The fraction of sp³-hybridized carbons (Fsp3) is 0.333. The summed E-state index contributed by atoms with van der Waals surface area (Å²) in [7, 11) is 1.67. The molecule has 0 fully saturated rings. The molecule has 1 unspecified atom stereocenters. The number of aromatic hydroxyl groups is 2. The molecule has 2 aromatic rings. The minimum Gasteiger partial charge on any atom is -0.508 e. The Balaban J connectivity index is 2.30. The molecule has 0 radical (unpaired) electrons. The van der Waals surface area contributed by atoms with Gasteiger partial charge in [0.15, 0.2) is 0 Å². The van der Waals surface area contributed by atoms with Gasteiger partial charge in [-0.25, -0.2) is 0 Å². The van der Waals surface area contributed by atoms with Gasteiger partial charge in [0.05, 0.1) is 6.10 Å². The van der Waals surface area contributed by atoms with Crippen molar-refractivity contribution in [3.05, 3.63) is 46.5 Å². The van der Waals surface area contributed by atoms with Crippen LogP contribution in [-0.2, 0) is 17.6 Å². The van der Waals surface area contributed by atoms with Gasteiger partial charge in [-0.15, -0.1) is 0 Å². The summed E-state index contributed by atoms with van der Waals surface area (Å²) in [5.41, 5.74) is 6.57. The van der Waals surface area contributed by atoms with E-state index in [2.05, 4.69) is 0 Å². The maximum atomic E-state index is 9.96. The number of fused-ring (bicyclic) bond motifs is 3. The van der Waals surface area contributed by atoms with Crippen LogP contribution in [0.25, 0.3) is 11.1 Å². The van der Waals surface area contributed by atoms with Crippen molar-refractivity contribution in [2.24, 2.45) is 0 Å². The van der Waals surface area contributed by atoms with Crippen LogP contribution in [0.3, 0.4) is 0 Å². The molecule has 0 amide bonds. The zero-order valence-corrected chi connectivity index (χ0v) is 12.6. The third-order valence-corrected chi connectivity index (χ3v) is 4.51. The van der Waals surface area contributed by atoms with Crippen molar-refractivity contribution >= 4 is 0 Å². The first-order valence-electron chi connectivity index (χ1n) is 7.23. The highest BCUT2D eigenvalue weighted by atomic mass is 16.5. The van der Waals surface area contributed by atoms with Gasteiger partial charge in [-0.2, -0.15) is 0 Å². The summed E-state index contributed by atoms with van der Waals surface area (Å²) in [6.07, 6.45) is 1.66. The maximum Gasteiger partial charge on any atom is 0.118 e. The maximum absolute atomic E-state index is 9.96. The van der Waals surface area contributed by atoms with Gasteiger partial charge in [0.2, 0.25) is 0 Å². The molecule has 21 heavy (non-hydrogen) atoms. The highest BCUT2D eigenvalue weighted by molar-refractivity contribution is 5.79. The lowest BCUT2D eigenvalue weighted by atomic mass is 9.80. The Labute approximate surface area is 124 Å². The van der Waals surface area contributed by atoms with Gasteiger partial charge in [0.25, 0.3) is 0 Å². The van der Waals surface area contributed by atoms with Crippen molar-refractivity contribution in [3.63, 3.8) is 0 Å². The fourth-order valence-corrected chi connectivity index (χ4v) is 3.24. The van der Waals surface area contributed by atoms with Crippen molar-refractivity contribution in [2.45, 2.75) is 32.8 Å². The number of rotatable bonds is 2. The van der Waals surface area contributed by atoms with E-state index in [9.17, 15) is 10.2 Å². The van der Waals surface area contributed by atoms with Gasteiger partial charge >= 0.3 is 0 Å². The van der Waals surface area contributed by atoms with Crippen LogP contribution in [0.2, 0.25) is 0 Å². The van der Waals surface area contributed by atoms with Crippen LogP contribution >= 0.6 is 0 Å². The second kappa shape index (κ2) is 5.08. The minimum atomic E-state index is -0.0918. The summed E-state index contributed by atoms with van der Waals surface area (Å²) >= 11 is 0. The van der Waals surface area contributed by atoms with Crippen LogP contribution in [-0.4, -0.2) is 17.3 Å². The van der Waals surface area contributed by atoms with Crippen LogP contribution in [0.15, 0.2) is 24.3 Å². The Bertz CT molecular complexity index is 704. The molecule has 0 saturated heterocycles. The van der Waals surface area contributed by atoms with E-state index in [0.717, 1.165) is 40.7 Å². The number of phenolic OH excluding ortho intramolecular Hbond substituents is 2. The molecule has 3 heteroatoms. The third kappa shape index (κ3) is 2.18. The summed E-state index contributed by atoms with van der Waals surface area (Å²) < 4.78 is 5.47. The Morgan fingerprint density at radius 2 is 1.90 bits per heavy atom. The molecule has 1 aliphatic carbocycles. The molecule has 0 bridgehead atoms. The number of phenols is 2. The summed E-state index contributed by atoms with van der Waals surface area (Å²) in [5, 5.41) is 19.9. The average molecular weight is 284 g/mol. The first kappa shape index (κ1) is 14.0. The van der Waals surface area contributed by atoms with E-state index in [0.29, 0.717) is 5.75 Å². The highest BCUT2D eigenvalue weighted by Crippen LogP contribution is 2.43. The minimum absolute atomic E-state index is 0.0918. The molecule has 0 aliphatic heterocycles. The number of ether oxygens (including phenoxy) is 1. The third-order valence-electron chi connectivity index (χ3n) is 4.51. The molecular weight excluding hydrogens is 264 g/mol. The molecule has 1 atom stereocenters. The van der Waals surface area contributed by atoms with Crippen molar-refractivity contribution in [1.29, 1.82) is 0 Å². The molecule has 0 aromatic heterocycles. The van der Waals surface area contributed by atoms with Crippen LogP contribution in [0.4, 0.5) is 0 Å². The standard InChI is InChI=1S/C18H20O3/c1-10-14-5-4-12-8-13(19)9-16(11(2)21-3)18(12)15(14)6-7-17(10)20/h6-9,11,19-20H,4-5H2,1-3H3. The van der Waals surface area contributed by atoms with Crippen LogP contribution in [0.5, 0.6) is 11.5 Å². The summed E-state index contributed by atoms with van der Waals surface area (Å²) in [4.78, 5) is 0. The molecule has 110 valence electrons. The molecule has 2 aromatic carbocycles. The Morgan fingerprint density at radius 1 is 1.14 bits per heavy atom. The van der Waals surface area contributed by atoms with Crippen molar-refractivity contribution in [1.82, 2.24) is 0 Å². The molecule has 0 spiro atoms.